The molecule has 2 rings (SSSR count). The van der Waals surface area contributed by atoms with Gasteiger partial charge in [-0.3, -0.25) is 0 Å². The largest absolute Gasteiger partial charge is 0.354 e. The average molecular weight is 384 g/mol. The van der Waals surface area contributed by atoms with Crippen LogP contribution in [0, 0.1) is 0 Å². The fourth-order valence-corrected chi connectivity index (χ4v) is 2.19. The Morgan fingerprint density at radius 1 is 0.545 bits per heavy atom. The molecule has 0 aromatic carbocycles. The van der Waals surface area contributed by atoms with Crippen molar-refractivity contribution in [2.75, 3.05) is 23.7 Å². The number of unbranched alkanes of at least 4 members (excludes halogenated alkanes) is 1. The minimum atomic E-state index is 0.0489. The van der Waals surface area contributed by atoms with Gasteiger partial charge < -0.3 is 10.6 Å². The molecule has 0 aliphatic carbocycles. The normalized spacial score (nSPS) is 10.5. The molecular formula is C10H10Cl4N8. The van der Waals surface area contributed by atoms with Gasteiger partial charge in [0.25, 0.3) is 0 Å². The van der Waals surface area contributed by atoms with Gasteiger partial charge in [0.1, 0.15) is 0 Å². The minimum Gasteiger partial charge on any atom is -0.354 e. The monoisotopic (exact) mass is 382 g/mol. The molecule has 8 nitrogen and oxygen atoms in total. The third kappa shape index (κ3) is 5.88. The van der Waals surface area contributed by atoms with E-state index in [1.54, 1.807) is 0 Å². The maximum Gasteiger partial charge on any atom is 0.228 e. The van der Waals surface area contributed by atoms with Crippen molar-refractivity contribution in [3.8, 4) is 0 Å². The van der Waals surface area contributed by atoms with Crippen LogP contribution in [-0.2, 0) is 0 Å². The molecule has 0 saturated heterocycles. The molecule has 118 valence electrons. The summed E-state index contributed by atoms with van der Waals surface area (Å²) < 4.78 is 0. The summed E-state index contributed by atoms with van der Waals surface area (Å²) in [6.07, 6.45) is 1.70. The summed E-state index contributed by atoms with van der Waals surface area (Å²) in [6.45, 7) is 1.30. The average Bonchev–Trinajstić information content (AvgIpc) is 2.40. The molecule has 0 spiro atoms. The van der Waals surface area contributed by atoms with Crippen molar-refractivity contribution in [1.82, 2.24) is 29.9 Å². The molecular weight excluding hydrogens is 374 g/mol. The highest BCUT2D eigenvalue weighted by atomic mass is 35.5. The number of hydrogen-bond acceptors (Lipinski definition) is 8. The summed E-state index contributed by atoms with van der Waals surface area (Å²) in [4.78, 5) is 22.9. The topological polar surface area (TPSA) is 101 Å². The number of nitrogens with one attached hydrogen (secondary N) is 2. The summed E-state index contributed by atoms with van der Waals surface area (Å²) in [7, 11) is 0. The van der Waals surface area contributed by atoms with Gasteiger partial charge in [-0.25, -0.2) is 0 Å². The smallest absolute Gasteiger partial charge is 0.228 e. The van der Waals surface area contributed by atoms with Gasteiger partial charge in [-0.1, -0.05) is 0 Å². The Kier molecular flexibility index (Phi) is 6.56. The quantitative estimate of drug-likeness (QED) is 0.703. The first kappa shape index (κ1) is 17.1. The van der Waals surface area contributed by atoms with Crippen LogP contribution >= 0.6 is 46.4 Å². The molecule has 0 unspecified atom stereocenters. The van der Waals surface area contributed by atoms with Crippen molar-refractivity contribution in [3.63, 3.8) is 0 Å². The van der Waals surface area contributed by atoms with Crippen LogP contribution in [0.4, 0.5) is 11.9 Å². The fraction of sp³-hybridized carbons (Fsp3) is 0.400. The zero-order chi connectivity index (χ0) is 15.9. The predicted molar refractivity (Wildman–Crippen MR) is 85.9 cm³/mol. The first-order valence-electron chi connectivity index (χ1n) is 6.15. The van der Waals surface area contributed by atoms with Crippen molar-refractivity contribution < 1.29 is 0 Å². The molecule has 12 heteroatoms. The van der Waals surface area contributed by atoms with E-state index >= 15 is 0 Å². The van der Waals surface area contributed by atoms with Gasteiger partial charge in [0, 0.05) is 13.1 Å². The molecule has 2 heterocycles. The van der Waals surface area contributed by atoms with E-state index in [1.165, 1.54) is 0 Å². The first-order chi connectivity index (χ1) is 10.5. The summed E-state index contributed by atoms with van der Waals surface area (Å²) in [5, 5.41) is 6.20. The van der Waals surface area contributed by atoms with Crippen LogP contribution in [0.3, 0.4) is 0 Å². The van der Waals surface area contributed by atoms with Gasteiger partial charge >= 0.3 is 0 Å². The van der Waals surface area contributed by atoms with Crippen LogP contribution in [-0.4, -0.2) is 43.0 Å². The summed E-state index contributed by atoms with van der Waals surface area (Å²) >= 11 is 22.7. The molecule has 0 radical (unpaired) electrons. The van der Waals surface area contributed by atoms with Crippen molar-refractivity contribution >= 4 is 58.3 Å². The predicted octanol–water partition coefficient (Wildman–Crippen LogP) is 2.97. The third-order valence-corrected chi connectivity index (χ3v) is 3.01. The molecule has 0 saturated carbocycles. The number of hydrogen-bond donors (Lipinski definition) is 2. The molecule has 0 aliphatic heterocycles. The van der Waals surface area contributed by atoms with Crippen molar-refractivity contribution in [2.24, 2.45) is 0 Å². The van der Waals surface area contributed by atoms with Gasteiger partial charge in [0.05, 0.1) is 0 Å². The van der Waals surface area contributed by atoms with E-state index in [2.05, 4.69) is 40.5 Å². The lowest BCUT2D eigenvalue weighted by molar-refractivity contribution is 0.783. The van der Waals surface area contributed by atoms with Crippen molar-refractivity contribution in [1.29, 1.82) is 0 Å². The lowest BCUT2D eigenvalue weighted by Crippen LogP contribution is -2.10. The van der Waals surface area contributed by atoms with E-state index < -0.39 is 0 Å². The Bertz CT molecular complexity index is 544. The molecule has 0 bridgehead atoms. The first-order valence-corrected chi connectivity index (χ1v) is 7.66. The molecule has 0 atom stereocenters. The van der Waals surface area contributed by atoms with Crippen LogP contribution in [0.25, 0.3) is 0 Å². The van der Waals surface area contributed by atoms with E-state index in [-0.39, 0.29) is 21.1 Å². The molecule has 22 heavy (non-hydrogen) atoms. The van der Waals surface area contributed by atoms with E-state index in [1.807, 2.05) is 0 Å². The fourth-order valence-electron chi connectivity index (χ4n) is 1.46. The Labute approximate surface area is 146 Å². The standard InChI is InChI=1S/C10H10Cl4N8/c11-5-17-6(12)20-9(19-5)15-3-1-2-4-16-10-21-7(13)18-8(14)22-10/h1-4H2,(H,15,17,19,20)(H,16,18,21,22). The Morgan fingerprint density at radius 2 is 0.864 bits per heavy atom. The van der Waals surface area contributed by atoms with Gasteiger partial charge in [-0.05, 0) is 59.2 Å². The van der Waals surface area contributed by atoms with Gasteiger partial charge in [0.2, 0.25) is 33.0 Å². The second kappa shape index (κ2) is 8.42. The number of rotatable bonds is 7. The highest BCUT2D eigenvalue weighted by molar-refractivity contribution is 6.31. The highest BCUT2D eigenvalue weighted by Crippen LogP contribution is 2.10. The maximum absolute atomic E-state index is 5.67. The second-order valence-corrected chi connectivity index (χ2v) is 5.31. The van der Waals surface area contributed by atoms with E-state index in [0.29, 0.717) is 25.0 Å². The highest BCUT2D eigenvalue weighted by Gasteiger charge is 2.03. The number of halogens is 4. The summed E-state index contributed by atoms with van der Waals surface area (Å²) in [6, 6.07) is 0. The lowest BCUT2D eigenvalue weighted by Gasteiger charge is -2.06. The lowest BCUT2D eigenvalue weighted by atomic mass is 10.3. The molecule has 2 aromatic rings. The van der Waals surface area contributed by atoms with Crippen LogP contribution in [0.2, 0.25) is 21.1 Å². The minimum absolute atomic E-state index is 0.0489. The Morgan fingerprint density at radius 3 is 1.18 bits per heavy atom. The maximum atomic E-state index is 5.67. The van der Waals surface area contributed by atoms with E-state index in [4.69, 9.17) is 46.4 Å². The summed E-state index contributed by atoms with van der Waals surface area (Å²) in [5.41, 5.74) is 0. The zero-order valence-electron chi connectivity index (χ0n) is 11.0. The van der Waals surface area contributed by atoms with Crippen LogP contribution in [0.15, 0.2) is 0 Å². The molecule has 2 aromatic heterocycles. The molecule has 0 amide bonds. The van der Waals surface area contributed by atoms with Crippen molar-refractivity contribution in [3.05, 3.63) is 21.1 Å². The van der Waals surface area contributed by atoms with Crippen LogP contribution in [0.1, 0.15) is 12.8 Å². The molecule has 0 fully saturated rings. The van der Waals surface area contributed by atoms with E-state index in [0.717, 1.165) is 12.8 Å². The Hall–Kier alpha value is -1.22. The van der Waals surface area contributed by atoms with Gasteiger partial charge in [0.15, 0.2) is 0 Å². The van der Waals surface area contributed by atoms with Crippen LogP contribution < -0.4 is 10.6 Å². The van der Waals surface area contributed by atoms with Gasteiger partial charge in [-0.2, -0.15) is 29.9 Å². The number of aromatic nitrogens is 6. The summed E-state index contributed by atoms with van der Waals surface area (Å²) in [5.74, 6) is 0.683. The number of anilines is 2. The third-order valence-electron chi connectivity index (χ3n) is 2.33. The zero-order valence-corrected chi connectivity index (χ0v) is 14.0. The molecule has 0 aliphatic rings. The van der Waals surface area contributed by atoms with E-state index in [9.17, 15) is 0 Å². The van der Waals surface area contributed by atoms with Crippen LogP contribution in [0.5, 0.6) is 0 Å². The Balaban J connectivity index is 1.67. The molecule has 2 N–H and O–H groups in total. The SMILES string of the molecule is Clc1nc(Cl)nc(NCCCCNc2nc(Cl)nc(Cl)n2)n1. The van der Waals surface area contributed by atoms with Gasteiger partial charge in [-0.15, -0.1) is 0 Å². The second-order valence-electron chi connectivity index (χ2n) is 3.95. The number of nitrogens with zero attached hydrogens (tertiary/aromatic N) is 6. The van der Waals surface area contributed by atoms with Crippen molar-refractivity contribution in [2.45, 2.75) is 12.8 Å².